The van der Waals surface area contributed by atoms with E-state index in [1.54, 1.807) is 6.92 Å². The Morgan fingerprint density at radius 1 is 0.939 bits per heavy atom. The van der Waals surface area contributed by atoms with Crippen LogP contribution in [0, 0.1) is 51.2 Å². The van der Waals surface area contributed by atoms with Crippen molar-refractivity contribution in [2.24, 2.45) is 51.2 Å². The number of esters is 1. The molecular weight excluding hydrogens is 412 g/mol. The molecule has 5 fully saturated rings. The van der Waals surface area contributed by atoms with Gasteiger partial charge >= 0.3 is 5.97 Å². The fourth-order valence-corrected chi connectivity index (χ4v) is 11.1. The molecule has 0 spiro atoms. The van der Waals surface area contributed by atoms with Gasteiger partial charge in [-0.1, -0.05) is 47.5 Å². The van der Waals surface area contributed by atoms with Crippen LogP contribution in [0.1, 0.15) is 106 Å². The molecule has 5 aliphatic rings. The number of ether oxygens (including phenoxy) is 2. The molecule has 0 bridgehead atoms. The van der Waals surface area contributed by atoms with E-state index in [1.807, 2.05) is 6.92 Å². The molecule has 0 amide bonds. The van der Waals surface area contributed by atoms with Crippen LogP contribution in [-0.2, 0) is 14.3 Å². The molecule has 0 radical (unpaired) electrons. The molecule has 4 nitrogen and oxygen atoms in total. The fourth-order valence-electron chi connectivity index (χ4n) is 11.1. The van der Waals surface area contributed by atoms with Gasteiger partial charge < -0.3 is 14.6 Å². The van der Waals surface area contributed by atoms with Crippen LogP contribution < -0.4 is 0 Å². The summed E-state index contributed by atoms with van der Waals surface area (Å²) in [4.78, 5) is 12.4. The summed E-state index contributed by atoms with van der Waals surface area (Å²) in [6, 6.07) is 0. The van der Waals surface area contributed by atoms with Crippen LogP contribution in [0.3, 0.4) is 0 Å². The number of hydrogen-bond donors (Lipinski definition) is 1. The minimum absolute atomic E-state index is 0.0891. The Labute approximate surface area is 201 Å². The van der Waals surface area contributed by atoms with Gasteiger partial charge in [-0.25, -0.2) is 0 Å². The first kappa shape index (κ1) is 24.1. The maximum Gasteiger partial charge on any atom is 0.302 e. The van der Waals surface area contributed by atoms with Crippen molar-refractivity contribution in [3.63, 3.8) is 0 Å². The standard InChI is InChI=1S/C29H48O4/c1-8-25(3)13-9-14-26(4)21(25)12-15-27(5)22-11-10-19-20(17-32-29(19,7)31)28(22,6)24(16-23(26)27)33-18(2)30/h19-24,31H,8-17H2,1-7H3/t19-,20+,21+,22+,23-,24+,25+,26+,27+,28-,29?/m1/s1. The summed E-state index contributed by atoms with van der Waals surface area (Å²) in [5.74, 6) is 0.990. The first-order chi connectivity index (χ1) is 15.3. The van der Waals surface area contributed by atoms with Crippen LogP contribution in [-0.4, -0.2) is 29.6 Å². The van der Waals surface area contributed by atoms with Crippen molar-refractivity contribution in [2.75, 3.05) is 6.61 Å². The second kappa shape index (κ2) is 7.45. The Morgan fingerprint density at radius 3 is 2.30 bits per heavy atom. The largest absolute Gasteiger partial charge is 0.462 e. The van der Waals surface area contributed by atoms with Gasteiger partial charge in [0.2, 0.25) is 0 Å². The molecule has 1 unspecified atom stereocenters. The van der Waals surface area contributed by atoms with E-state index in [0.717, 1.165) is 25.2 Å². The SMILES string of the molecule is CC[C@@]1(C)CCC[C@]2(C)[C@H]3C[C@H](OC(C)=O)[C@]4(C)[C@H]5COC(C)(O)[C@@H]5CC[C@H]4[C@]3(C)CC[C@@H]12. The Balaban J connectivity index is 1.59. The summed E-state index contributed by atoms with van der Waals surface area (Å²) in [6.07, 6.45) is 10.9. The van der Waals surface area contributed by atoms with E-state index < -0.39 is 5.79 Å². The second-order valence-electron chi connectivity index (χ2n) is 13.9. The molecule has 4 aliphatic carbocycles. The van der Waals surface area contributed by atoms with Crippen LogP contribution in [0.25, 0.3) is 0 Å². The predicted molar refractivity (Wildman–Crippen MR) is 129 cm³/mol. The highest BCUT2D eigenvalue weighted by atomic mass is 16.6. The van der Waals surface area contributed by atoms with E-state index in [-0.39, 0.29) is 34.7 Å². The quantitative estimate of drug-likeness (QED) is 0.488. The number of carbonyl (C=O) groups excluding carboxylic acids is 1. The van der Waals surface area contributed by atoms with Gasteiger partial charge in [-0.15, -0.1) is 0 Å². The van der Waals surface area contributed by atoms with E-state index in [9.17, 15) is 9.90 Å². The van der Waals surface area contributed by atoms with Gasteiger partial charge in [0.15, 0.2) is 5.79 Å². The van der Waals surface area contributed by atoms with Gasteiger partial charge in [-0.2, -0.15) is 0 Å². The molecule has 1 aliphatic heterocycles. The highest BCUT2D eigenvalue weighted by molar-refractivity contribution is 5.66. The van der Waals surface area contributed by atoms with E-state index >= 15 is 0 Å². The Morgan fingerprint density at radius 2 is 1.64 bits per heavy atom. The van der Waals surface area contributed by atoms with Crippen molar-refractivity contribution in [1.29, 1.82) is 0 Å². The highest BCUT2D eigenvalue weighted by Gasteiger charge is 2.71. The molecule has 11 atom stereocenters. The van der Waals surface area contributed by atoms with Gasteiger partial charge in [0.1, 0.15) is 6.10 Å². The lowest BCUT2D eigenvalue weighted by atomic mass is 9.34. The molecule has 5 rings (SSSR count). The predicted octanol–water partition coefficient (Wildman–Crippen LogP) is 6.35. The van der Waals surface area contributed by atoms with Crippen LogP contribution in [0.4, 0.5) is 0 Å². The second-order valence-corrected chi connectivity index (χ2v) is 13.9. The lowest BCUT2D eigenvalue weighted by Crippen LogP contribution is -2.68. The summed E-state index contributed by atoms with van der Waals surface area (Å²) in [5.41, 5.74) is 0.847. The molecule has 4 heteroatoms. The summed E-state index contributed by atoms with van der Waals surface area (Å²) < 4.78 is 12.2. The van der Waals surface area contributed by atoms with Gasteiger partial charge in [0, 0.05) is 18.3 Å². The van der Waals surface area contributed by atoms with Crippen LogP contribution in [0.5, 0.6) is 0 Å². The minimum Gasteiger partial charge on any atom is -0.462 e. The van der Waals surface area contributed by atoms with Crippen LogP contribution >= 0.6 is 0 Å². The highest BCUT2D eigenvalue weighted by Crippen LogP contribution is 2.75. The first-order valence-electron chi connectivity index (χ1n) is 13.9. The Kier molecular flexibility index (Phi) is 5.44. The van der Waals surface area contributed by atoms with Gasteiger partial charge in [-0.3, -0.25) is 4.79 Å². The lowest BCUT2D eigenvalue weighted by molar-refractivity contribution is -0.259. The number of rotatable bonds is 2. The van der Waals surface area contributed by atoms with Gasteiger partial charge in [-0.05, 0) is 91.8 Å². The van der Waals surface area contributed by atoms with Crippen molar-refractivity contribution < 1.29 is 19.4 Å². The van der Waals surface area contributed by atoms with Gasteiger partial charge in [0.05, 0.1) is 6.61 Å². The molecule has 1 heterocycles. The maximum absolute atomic E-state index is 12.4. The van der Waals surface area contributed by atoms with E-state index in [0.29, 0.717) is 29.3 Å². The molecule has 0 aromatic carbocycles. The summed E-state index contributed by atoms with van der Waals surface area (Å²) in [6.45, 7) is 16.5. The lowest BCUT2D eigenvalue weighted by Gasteiger charge is -2.71. The normalized spacial score (nSPS) is 57.9. The summed E-state index contributed by atoms with van der Waals surface area (Å²) in [7, 11) is 0. The molecule has 0 aromatic rings. The maximum atomic E-state index is 12.4. The third kappa shape index (κ3) is 3.11. The molecular formula is C29H48O4. The third-order valence-corrected chi connectivity index (χ3v) is 12.8. The smallest absolute Gasteiger partial charge is 0.302 e. The number of hydrogen-bond acceptors (Lipinski definition) is 4. The van der Waals surface area contributed by atoms with Gasteiger partial charge in [0.25, 0.3) is 0 Å². The Bertz CT molecular complexity index is 807. The zero-order chi connectivity index (χ0) is 24.0. The zero-order valence-electron chi connectivity index (χ0n) is 22.2. The molecule has 0 aromatic heterocycles. The van der Waals surface area contributed by atoms with E-state index in [4.69, 9.17) is 9.47 Å². The van der Waals surface area contributed by atoms with Crippen molar-refractivity contribution in [2.45, 2.75) is 118 Å². The fraction of sp³-hybridized carbons (Fsp3) is 0.966. The average Bonchev–Trinajstić information content (AvgIpc) is 3.04. The monoisotopic (exact) mass is 460 g/mol. The summed E-state index contributed by atoms with van der Waals surface area (Å²) in [5, 5.41) is 11.0. The molecule has 4 saturated carbocycles. The number of fused-ring (bicyclic) bond motifs is 7. The van der Waals surface area contributed by atoms with Crippen molar-refractivity contribution in [1.82, 2.24) is 0 Å². The average molecular weight is 461 g/mol. The summed E-state index contributed by atoms with van der Waals surface area (Å²) >= 11 is 0. The first-order valence-corrected chi connectivity index (χ1v) is 13.9. The van der Waals surface area contributed by atoms with Crippen molar-refractivity contribution >= 4 is 5.97 Å². The van der Waals surface area contributed by atoms with E-state index in [1.165, 1.54) is 38.5 Å². The van der Waals surface area contributed by atoms with Crippen LogP contribution in [0.15, 0.2) is 0 Å². The van der Waals surface area contributed by atoms with Crippen molar-refractivity contribution in [3.05, 3.63) is 0 Å². The molecule has 1 saturated heterocycles. The Hall–Kier alpha value is -0.610. The minimum atomic E-state index is -1.06. The topological polar surface area (TPSA) is 55.8 Å². The molecule has 188 valence electrons. The molecule has 1 N–H and O–H groups in total. The number of aliphatic hydroxyl groups is 1. The zero-order valence-corrected chi connectivity index (χ0v) is 22.2. The third-order valence-electron chi connectivity index (χ3n) is 12.8. The van der Waals surface area contributed by atoms with Crippen molar-refractivity contribution in [3.8, 4) is 0 Å². The number of carbonyl (C=O) groups is 1. The van der Waals surface area contributed by atoms with E-state index in [2.05, 4.69) is 34.6 Å². The molecule has 33 heavy (non-hydrogen) atoms. The van der Waals surface area contributed by atoms with Crippen LogP contribution in [0.2, 0.25) is 0 Å².